The normalized spacial score (nSPS) is 22.8. The summed E-state index contributed by atoms with van der Waals surface area (Å²) in [6.45, 7) is 4.83. The molecule has 1 aromatic carbocycles. The molecule has 2 aliphatic heterocycles. The molecule has 0 amide bonds. The number of quaternary nitrogens is 1. The second-order valence-corrected chi connectivity index (χ2v) is 7.39. The molecule has 148 valence electrons. The Balaban J connectivity index is 1.33. The average Bonchev–Trinajstić information content (AvgIpc) is 3.07. The lowest BCUT2D eigenvalue weighted by atomic mass is 10.1. The molecule has 1 atom stereocenters. The minimum Gasteiger partial charge on any atom is -0.494 e. The van der Waals surface area contributed by atoms with Gasteiger partial charge in [-0.25, -0.2) is 0 Å². The second kappa shape index (κ2) is 9.94. The van der Waals surface area contributed by atoms with Crippen molar-refractivity contribution in [2.45, 2.75) is 38.6 Å². The molecular weight excluding hydrogens is 342 g/mol. The van der Waals surface area contributed by atoms with E-state index in [1.807, 2.05) is 13.1 Å². The van der Waals surface area contributed by atoms with Gasteiger partial charge in [-0.3, -0.25) is 4.90 Å². The van der Waals surface area contributed by atoms with Gasteiger partial charge in [-0.15, -0.1) is 5.43 Å². The van der Waals surface area contributed by atoms with Gasteiger partial charge in [-0.1, -0.05) is 23.3 Å². The van der Waals surface area contributed by atoms with Gasteiger partial charge in [0, 0.05) is 13.1 Å². The summed E-state index contributed by atoms with van der Waals surface area (Å²) < 4.78 is 6.12. The Morgan fingerprint density at radius 2 is 2.07 bits per heavy atom. The molecule has 0 aromatic heterocycles. The van der Waals surface area contributed by atoms with Crippen molar-refractivity contribution >= 4 is 12.2 Å². The van der Waals surface area contributed by atoms with Crippen molar-refractivity contribution in [1.29, 1.82) is 0 Å². The van der Waals surface area contributed by atoms with Gasteiger partial charge in [0.2, 0.25) is 12.2 Å². The van der Waals surface area contributed by atoms with Crippen LogP contribution in [0.5, 0.6) is 5.75 Å². The van der Waals surface area contributed by atoms with Crippen LogP contribution in [-0.2, 0) is 6.54 Å². The standard InChI is InChI=1S/C20H32N5O2/c1-25(17-21-20(16-26)23-25)22-10-3-6-13-27-19-9-7-8-18(14-19)15-24-11-4-2-5-12-24/h7-9,14,17,22,26H,2-6,10-13,15-16H2,1H3/q+1. The van der Waals surface area contributed by atoms with Gasteiger partial charge in [-0.2, -0.15) is 4.99 Å². The molecule has 1 saturated heterocycles. The highest BCUT2D eigenvalue weighted by Crippen LogP contribution is 2.18. The molecule has 0 aliphatic carbocycles. The number of nitrogens with zero attached hydrogens (tertiary/aromatic N) is 4. The maximum atomic E-state index is 9.06. The van der Waals surface area contributed by atoms with E-state index in [2.05, 4.69) is 38.6 Å². The van der Waals surface area contributed by atoms with E-state index in [0.717, 1.165) is 31.7 Å². The predicted octanol–water partition coefficient (Wildman–Crippen LogP) is 2.13. The highest BCUT2D eigenvalue weighted by atomic mass is 16.5. The van der Waals surface area contributed by atoms with E-state index in [1.165, 1.54) is 37.9 Å². The summed E-state index contributed by atoms with van der Waals surface area (Å²) in [6.07, 6.45) is 7.65. The van der Waals surface area contributed by atoms with E-state index in [4.69, 9.17) is 9.84 Å². The van der Waals surface area contributed by atoms with Gasteiger partial charge in [0.1, 0.15) is 19.4 Å². The Morgan fingerprint density at radius 1 is 1.22 bits per heavy atom. The van der Waals surface area contributed by atoms with Gasteiger partial charge in [-0.05, 0) is 61.6 Å². The lowest BCUT2D eigenvalue weighted by molar-refractivity contribution is -0.865. The molecular formula is C20H32N5O2+. The largest absolute Gasteiger partial charge is 0.494 e. The smallest absolute Gasteiger partial charge is 0.238 e. The van der Waals surface area contributed by atoms with Crippen LogP contribution >= 0.6 is 0 Å². The van der Waals surface area contributed by atoms with Crippen molar-refractivity contribution in [1.82, 2.24) is 10.3 Å². The number of hydrogen-bond acceptors (Lipinski definition) is 6. The van der Waals surface area contributed by atoms with Gasteiger partial charge < -0.3 is 9.84 Å². The van der Waals surface area contributed by atoms with Gasteiger partial charge in [0.15, 0.2) is 0 Å². The van der Waals surface area contributed by atoms with Crippen molar-refractivity contribution in [2.75, 3.05) is 39.9 Å². The zero-order chi connectivity index (χ0) is 19.0. The topological polar surface area (TPSA) is 69.5 Å². The molecule has 2 aliphatic rings. The first-order valence-corrected chi connectivity index (χ1v) is 9.97. The van der Waals surface area contributed by atoms with E-state index in [1.54, 1.807) is 6.34 Å². The number of unbranched alkanes of at least 4 members (excludes halogenated alkanes) is 1. The van der Waals surface area contributed by atoms with Crippen LogP contribution in [0.1, 0.15) is 37.7 Å². The quantitative estimate of drug-likeness (QED) is 0.486. The highest BCUT2D eigenvalue weighted by Gasteiger charge is 2.25. The predicted molar refractivity (Wildman–Crippen MR) is 107 cm³/mol. The third kappa shape index (κ3) is 6.39. The second-order valence-electron chi connectivity index (χ2n) is 7.39. The van der Waals surface area contributed by atoms with E-state index < -0.39 is 0 Å². The van der Waals surface area contributed by atoms with Crippen LogP contribution in [0.4, 0.5) is 0 Å². The van der Waals surface area contributed by atoms with E-state index >= 15 is 0 Å². The SMILES string of the molecule is C[N+]1(NCCCCOc2cccc(CN3CCCCC3)c2)C=NC(CO)=N1. The fraction of sp³-hybridized carbons (Fsp3) is 0.600. The fourth-order valence-corrected chi connectivity index (χ4v) is 3.45. The number of amidine groups is 1. The third-order valence-corrected chi connectivity index (χ3v) is 4.92. The minimum absolute atomic E-state index is 0.128. The summed E-state index contributed by atoms with van der Waals surface area (Å²) in [5.41, 5.74) is 4.64. The number of piperidine rings is 1. The zero-order valence-corrected chi connectivity index (χ0v) is 16.3. The highest BCUT2D eigenvalue weighted by molar-refractivity contribution is 5.90. The molecule has 3 rings (SSSR count). The summed E-state index contributed by atoms with van der Waals surface area (Å²) in [4.78, 5) is 6.60. The van der Waals surface area contributed by atoms with Crippen LogP contribution in [-0.4, -0.2) is 66.8 Å². The Labute approximate surface area is 161 Å². The molecule has 0 bridgehead atoms. The van der Waals surface area contributed by atoms with Gasteiger partial charge in [0.05, 0.1) is 6.61 Å². The molecule has 7 heteroatoms. The first kappa shape index (κ1) is 19.9. The first-order valence-electron chi connectivity index (χ1n) is 9.97. The Hall–Kier alpha value is -1.80. The number of aliphatic hydroxyl groups excluding tert-OH is 1. The van der Waals surface area contributed by atoms with Crippen LogP contribution in [0, 0.1) is 0 Å². The fourth-order valence-electron chi connectivity index (χ4n) is 3.45. The summed E-state index contributed by atoms with van der Waals surface area (Å²) in [5, 5.41) is 13.4. The van der Waals surface area contributed by atoms with E-state index in [9.17, 15) is 0 Å². The molecule has 1 aromatic rings. The Bertz CT molecular complexity index is 658. The zero-order valence-electron chi connectivity index (χ0n) is 16.3. The molecule has 2 heterocycles. The van der Waals surface area contributed by atoms with Crippen LogP contribution in [0.3, 0.4) is 0 Å². The van der Waals surface area contributed by atoms with Crippen LogP contribution in [0.25, 0.3) is 0 Å². The molecule has 2 N–H and O–H groups in total. The van der Waals surface area contributed by atoms with Gasteiger partial charge >= 0.3 is 0 Å². The molecule has 7 nitrogen and oxygen atoms in total. The Kier molecular flexibility index (Phi) is 7.34. The number of benzene rings is 1. The van der Waals surface area contributed by atoms with Crippen molar-refractivity contribution in [3.05, 3.63) is 29.8 Å². The number of hydrogen-bond donors (Lipinski definition) is 2. The first-order chi connectivity index (χ1) is 13.2. The summed E-state index contributed by atoms with van der Waals surface area (Å²) in [7, 11) is 1.90. The van der Waals surface area contributed by atoms with E-state index in [-0.39, 0.29) is 11.3 Å². The summed E-state index contributed by atoms with van der Waals surface area (Å²) in [6, 6.07) is 8.49. The van der Waals surface area contributed by atoms with Crippen molar-refractivity contribution in [3.8, 4) is 5.75 Å². The summed E-state index contributed by atoms with van der Waals surface area (Å²) >= 11 is 0. The number of aliphatic hydroxyl groups is 1. The molecule has 27 heavy (non-hydrogen) atoms. The van der Waals surface area contributed by atoms with Crippen LogP contribution < -0.4 is 10.2 Å². The maximum Gasteiger partial charge on any atom is 0.238 e. The van der Waals surface area contributed by atoms with Crippen molar-refractivity contribution in [3.63, 3.8) is 0 Å². The Morgan fingerprint density at radius 3 is 2.85 bits per heavy atom. The number of nitrogens with one attached hydrogen (secondary N) is 1. The molecule has 0 saturated carbocycles. The summed E-state index contributed by atoms with van der Waals surface area (Å²) in [5.74, 6) is 1.41. The van der Waals surface area contributed by atoms with Crippen molar-refractivity contribution in [2.24, 2.45) is 10.1 Å². The van der Waals surface area contributed by atoms with Crippen LogP contribution in [0.15, 0.2) is 34.4 Å². The molecule has 0 spiro atoms. The third-order valence-electron chi connectivity index (χ3n) is 4.92. The number of likely N-dealkylation sites (tertiary alicyclic amines) is 1. The lowest BCUT2D eigenvalue weighted by Crippen LogP contribution is -2.48. The van der Waals surface area contributed by atoms with Crippen molar-refractivity contribution < 1.29 is 14.5 Å². The number of ether oxygens (including phenoxy) is 1. The maximum absolute atomic E-state index is 9.06. The molecule has 1 unspecified atom stereocenters. The number of rotatable bonds is 10. The van der Waals surface area contributed by atoms with E-state index in [0.29, 0.717) is 12.4 Å². The minimum atomic E-state index is -0.128. The van der Waals surface area contributed by atoms with Crippen LogP contribution in [0.2, 0.25) is 0 Å². The number of aliphatic imine (C=N–C) groups is 1. The average molecular weight is 375 g/mol. The lowest BCUT2D eigenvalue weighted by Gasteiger charge is -2.26. The molecule has 1 fully saturated rings. The van der Waals surface area contributed by atoms with Gasteiger partial charge in [0.25, 0.3) is 0 Å². The monoisotopic (exact) mass is 374 g/mol. The molecule has 0 radical (unpaired) electrons.